The van der Waals surface area contributed by atoms with E-state index in [-0.39, 0.29) is 24.9 Å². The van der Waals surface area contributed by atoms with E-state index in [0.717, 1.165) is 37.9 Å². The van der Waals surface area contributed by atoms with Gasteiger partial charge in [0.05, 0.1) is 11.4 Å². The number of nitrogens with zero attached hydrogens (tertiary/aromatic N) is 3. The number of likely N-dealkylation sites (N-methyl/N-ethyl adjacent to an activating group) is 1. The van der Waals surface area contributed by atoms with E-state index in [1.54, 1.807) is 17.0 Å². The number of benzene rings is 1. The van der Waals surface area contributed by atoms with Gasteiger partial charge in [0, 0.05) is 31.9 Å². The van der Waals surface area contributed by atoms with Crippen LogP contribution in [0, 0.1) is 5.92 Å². The molecule has 1 aromatic rings. The maximum Gasteiger partial charge on any atom is 0.237 e. The molecule has 206 valence electrons. The summed E-state index contributed by atoms with van der Waals surface area (Å²) in [7, 11) is -6.86. The summed E-state index contributed by atoms with van der Waals surface area (Å²) in [6.07, 6.45) is 4.18. The van der Waals surface area contributed by atoms with Crippen LogP contribution >= 0.6 is 0 Å². The molecular formula is C25H44N4O5S2. The maximum absolute atomic E-state index is 12.7. The van der Waals surface area contributed by atoms with Crippen molar-refractivity contribution >= 4 is 25.8 Å². The Hall–Kier alpha value is -1.53. The molecule has 1 aromatic carbocycles. The molecule has 2 rings (SSSR count). The SMILES string of the molecule is CCN(CCCCN1CCN(S(=O)(=O)C(N)CC(C)C)CC1=O)C(C)Cc1ccc(S(C)(=O)=O)cc1. The minimum absolute atomic E-state index is 0.135. The first-order valence-corrected chi connectivity index (χ1v) is 16.2. The first-order chi connectivity index (χ1) is 16.8. The third kappa shape index (κ3) is 8.79. The molecule has 1 amide bonds. The number of sulfone groups is 1. The highest BCUT2D eigenvalue weighted by molar-refractivity contribution is 7.90. The third-order valence-corrected chi connectivity index (χ3v) is 9.88. The lowest BCUT2D eigenvalue weighted by Crippen LogP contribution is -2.55. The van der Waals surface area contributed by atoms with Crippen molar-refractivity contribution in [3.8, 4) is 0 Å². The summed E-state index contributed by atoms with van der Waals surface area (Å²) in [6, 6.07) is 7.37. The molecule has 0 aliphatic carbocycles. The number of hydrogen-bond donors (Lipinski definition) is 1. The molecule has 2 unspecified atom stereocenters. The van der Waals surface area contributed by atoms with E-state index in [0.29, 0.717) is 30.4 Å². The summed E-state index contributed by atoms with van der Waals surface area (Å²) in [5, 5.41) is -0.975. The van der Waals surface area contributed by atoms with Gasteiger partial charge in [0.1, 0.15) is 5.37 Å². The van der Waals surface area contributed by atoms with E-state index < -0.39 is 25.2 Å². The molecule has 0 saturated carbocycles. The summed E-state index contributed by atoms with van der Waals surface area (Å²) in [5.41, 5.74) is 7.01. The lowest BCUT2D eigenvalue weighted by molar-refractivity contribution is -0.134. The number of piperazine rings is 1. The molecule has 0 bridgehead atoms. The number of sulfonamides is 1. The Balaban J connectivity index is 1.78. The van der Waals surface area contributed by atoms with E-state index in [4.69, 9.17) is 5.73 Å². The van der Waals surface area contributed by atoms with Crippen LogP contribution in [0.2, 0.25) is 0 Å². The quantitative estimate of drug-likeness (QED) is 0.355. The summed E-state index contributed by atoms with van der Waals surface area (Å²) in [5.74, 6) is -0.00238. The van der Waals surface area contributed by atoms with E-state index >= 15 is 0 Å². The molecule has 2 N–H and O–H groups in total. The van der Waals surface area contributed by atoms with Gasteiger partial charge in [0.15, 0.2) is 9.84 Å². The number of carbonyl (C=O) groups excluding carboxylic acids is 1. The summed E-state index contributed by atoms with van der Waals surface area (Å²) >= 11 is 0. The molecule has 0 spiro atoms. The fourth-order valence-electron chi connectivity index (χ4n) is 4.57. The van der Waals surface area contributed by atoms with E-state index in [2.05, 4.69) is 18.7 Å². The van der Waals surface area contributed by atoms with Gasteiger partial charge in [-0.1, -0.05) is 32.9 Å². The molecule has 1 aliphatic heterocycles. The number of amides is 1. The number of carbonyl (C=O) groups is 1. The van der Waals surface area contributed by atoms with Crippen molar-refractivity contribution < 1.29 is 21.6 Å². The Morgan fingerprint density at radius 1 is 1.03 bits per heavy atom. The van der Waals surface area contributed by atoms with Crippen molar-refractivity contribution in [3.05, 3.63) is 29.8 Å². The molecule has 1 saturated heterocycles. The Bertz CT molecular complexity index is 1060. The van der Waals surface area contributed by atoms with Gasteiger partial charge in [-0.2, -0.15) is 4.31 Å². The highest BCUT2D eigenvalue weighted by atomic mass is 32.2. The second-order valence-corrected chi connectivity index (χ2v) is 14.4. The molecule has 2 atom stereocenters. The van der Waals surface area contributed by atoms with Crippen LogP contribution < -0.4 is 5.73 Å². The van der Waals surface area contributed by atoms with Crippen LogP contribution in [0.5, 0.6) is 0 Å². The van der Waals surface area contributed by atoms with Crippen LogP contribution in [0.1, 0.15) is 52.5 Å². The minimum atomic E-state index is -3.67. The first-order valence-electron chi connectivity index (χ1n) is 12.8. The topological polar surface area (TPSA) is 121 Å². The van der Waals surface area contributed by atoms with E-state index in [9.17, 15) is 21.6 Å². The van der Waals surface area contributed by atoms with Crippen LogP contribution in [0.4, 0.5) is 0 Å². The van der Waals surface area contributed by atoms with E-state index in [1.807, 2.05) is 26.0 Å². The fraction of sp³-hybridized carbons (Fsp3) is 0.720. The number of hydrogen-bond acceptors (Lipinski definition) is 7. The van der Waals surface area contributed by atoms with Gasteiger partial charge in [-0.3, -0.25) is 4.79 Å². The van der Waals surface area contributed by atoms with Gasteiger partial charge in [0.2, 0.25) is 15.9 Å². The van der Waals surface area contributed by atoms with E-state index in [1.165, 1.54) is 10.6 Å². The average molecular weight is 545 g/mol. The van der Waals surface area contributed by atoms with Gasteiger partial charge >= 0.3 is 0 Å². The van der Waals surface area contributed by atoms with Crippen molar-refractivity contribution in [2.75, 3.05) is 45.5 Å². The highest BCUT2D eigenvalue weighted by Gasteiger charge is 2.35. The van der Waals surface area contributed by atoms with Crippen LogP contribution in [0.3, 0.4) is 0 Å². The molecule has 0 aromatic heterocycles. The molecule has 11 heteroatoms. The summed E-state index contributed by atoms with van der Waals surface area (Å²) < 4.78 is 49.9. The maximum atomic E-state index is 12.7. The zero-order valence-electron chi connectivity index (χ0n) is 22.4. The second-order valence-electron chi connectivity index (χ2n) is 10.2. The zero-order valence-corrected chi connectivity index (χ0v) is 24.0. The Morgan fingerprint density at radius 3 is 2.19 bits per heavy atom. The van der Waals surface area contributed by atoms with Crippen molar-refractivity contribution in [2.45, 2.75) is 69.7 Å². The minimum Gasteiger partial charge on any atom is -0.340 e. The van der Waals surface area contributed by atoms with Crippen LogP contribution in [-0.2, 0) is 31.1 Å². The highest BCUT2D eigenvalue weighted by Crippen LogP contribution is 2.17. The average Bonchev–Trinajstić information content (AvgIpc) is 2.79. The van der Waals surface area contributed by atoms with Crippen LogP contribution in [0.15, 0.2) is 29.2 Å². The molecule has 36 heavy (non-hydrogen) atoms. The van der Waals surface area contributed by atoms with Crippen molar-refractivity contribution in [1.29, 1.82) is 0 Å². The van der Waals surface area contributed by atoms with Gasteiger partial charge < -0.3 is 15.5 Å². The second kappa shape index (κ2) is 13.3. The van der Waals surface area contributed by atoms with Gasteiger partial charge in [-0.05, 0) is 69.3 Å². The zero-order chi connectivity index (χ0) is 27.1. The predicted octanol–water partition coefficient (Wildman–Crippen LogP) is 1.93. The Morgan fingerprint density at radius 2 is 1.67 bits per heavy atom. The fourth-order valence-corrected chi connectivity index (χ4v) is 6.84. The number of unbranched alkanes of at least 4 members (excludes halogenated alkanes) is 1. The van der Waals surface area contributed by atoms with Crippen molar-refractivity contribution in [1.82, 2.24) is 14.1 Å². The molecule has 1 heterocycles. The third-order valence-electron chi connectivity index (χ3n) is 6.77. The Kier molecular flexibility index (Phi) is 11.4. The lowest BCUT2D eigenvalue weighted by Gasteiger charge is -2.35. The standard InChI is InChI=1S/C25H44N4O5S2/c1-6-27(21(4)18-22-9-11-23(12-10-22)35(5,31)32)13-7-8-14-28-15-16-29(19-25(28)30)36(33,34)24(26)17-20(2)3/h9-12,20-21,24H,6-8,13-19,26H2,1-5H3. The first kappa shape index (κ1) is 30.7. The smallest absolute Gasteiger partial charge is 0.237 e. The normalized spacial score (nSPS) is 17.7. The molecule has 1 aliphatic rings. The largest absolute Gasteiger partial charge is 0.340 e. The van der Waals surface area contributed by atoms with Gasteiger partial charge in [-0.15, -0.1) is 0 Å². The summed E-state index contributed by atoms with van der Waals surface area (Å²) in [4.78, 5) is 17.1. The molecule has 9 nitrogen and oxygen atoms in total. The Labute approximate surface area is 218 Å². The number of nitrogens with two attached hydrogens (primary N) is 1. The van der Waals surface area contributed by atoms with Gasteiger partial charge in [0.25, 0.3) is 0 Å². The monoisotopic (exact) mass is 544 g/mol. The van der Waals surface area contributed by atoms with Crippen molar-refractivity contribution in [3.63, 3.8) is 0 Å². The van der Waals surface area contributed by atoms with Crippen LogP contribution in [0.25, 0.3) is 0 Å². The number of rotatable bonds is 14. The molecule has 0 radical (unpaired) electrons. The summed E-state index contributed by atoms with van der Waals surface area (Å²) in [6.45, 7) is 11.1. The molecular weight excluding hydrogens is 500 g/mol. The van der Waals surface area contributed by atoms with Crippen LogP contribution in [-0.4, -0.2) is 93.8 Å². The van der Waals surface area contributed by atoms with Gasteiger partial charge in [-0.25, -0.2) is 16.8 Å². The predicted molar refractivity (Wildman–Crippen MR) is 144 cm³/mol. The lowest BCUT2D eigenvalue weighted by atomic mass is 10.1. The molecule has 1 fully saturated rings. The van der Waals surface area contributed by atoms with Crippen molar-refractivity contribution in [2.24, 2.45) is 11.7 Å².